The molecule has 0 saturated heterocycles. The van der Waals surface area contributed by atoms with Crippen molar-refractivity contribution in [3.05, 3.63) is 16.5 Å². The average Bonchev–Trinajstić information content (AvgIpc) is 2.18. The first kappa shape index (κ1) is 11.5. The molecule has 1 heterocycles. The van der Waals surface area contributed by atoms with Gasteiger partial charge in [-0.2, -0.15) is 4.98 Å². The first-order valence-electron chi connectivity index (χ1n) is 4.54. The minimum Gasteiger partial charge on any atom is -0.358 e. The second kappa shape index (κ2) is 5.37. The Balaban J connectivity index is 2.77. The van der Waals surface area contributed by atoms with Crippen LogP contribution in [0.5, 0.6) is 0 Å². The number of rotatable bonds is 4. The Hall–Kier alpha value is -0.540. The molecule has 0 spiro atoms. The molecule has 0 atom stereocenters. The van der Waals surface area contributed by atoms with Crippen LogP contribution in [0.25, 0.3) is 0 Å². The Kier molecular flexibility index (Phi) is 4.42. The highest BCUT2D eigenvalue weighted by Gasteiger charge is 2.08. The number of unbranched alkanes of at least 4 members (excludes halogenated alkanes) is 1. The molecule has 1 rings (SSSR count). The number of hydrogen-bond acceptors (Lipinski definition) is 3. The van der Waals surface area contributed by atoms with Gasteiger partial charge in [-0.05, 0) is 18.0 Å². The third-order valence-electron chi connectivity index (χ3n) is 1.90. The molecule has 0 aliphatic heterocycles. The van der Waals surface area contributed by atoms with Crippen molar-refractivity contribution in [3.8, 4) is 0 Å². The molecule has 0 saturated carbocycles. The van der Waals surface area contributed by atoms with Crippen LogP contribution in [0.4, 0.5) is 5.82 Å². The number of anilines is 1. The largest absolute Gasteiger partial charge is 0.358 e. The van der Waals surface area contributed by atoms with E-state index in [9.17, 15) is 0 Å². The van der Waals surface area contributed by atoms with Crippen LogP contribution in [0, 0.1) is 0 Å². The van der Waals surface area contributed by atoms with Crippen molar-refractivity contribution in [3.63, 3.8) is 0 Å². The molecule has 5 heteroatoms. The van der Waals surface area contributed by atoms with Crippen molar-refractivity contribution in [2.75, 3.05) is 18.5 Å². The van der Waals surface area contributed by atoms with Gasteiger partial charge in [0, 0.05) is 13.6 Å². The van der Waals surface area contributed by atoms with E-state index in [0.29, 0.717) is 10.8 Å². The molecule has 0 amide bonds. The average molecular weight is 234 g/mol. The summed E-state index contributed by atoms with van der Waals surface area (Å²) in [7, 11) is 1.94. The highest BCUT2D eigenvalue weighted by atomic mass is 35.5. The summed E-state index contributed by atoms with van der Waals surface area (Å²) in [5.74, 6) is 0.695. The molecule has 0 unspecified atom stereocenters. The molecule has 0 aromatic carbocycles. The van der Waals surface area contributed by atoms with Gasteiger partial charge < -0.3 is 4.90 Å². The third-order valence-corrected chi connectivity index (χ3v) is 2.35. The van der Waals surface area contributed by atoms with Crippen molar-refractivity contribution >= 4 is 29.0 Å². The topological polar surface area (TPSA) is 29.0 Å². The maximum absolute atomic E-state index is 5.94. The summed E-state index contributed by atoms with van der Waals surface area (Å²) >= 11 is 11.6. The maximum Gasteiger partial charge on any atom is 0.224 e. The quantitative estimate of drug-likeness (QED) is 0.750. The monoisotopic (exact) mass is 233 g/mol. The second-order valence-corrected chi connectivity index (χ2v) is 3.83. The highest BCUT2D eigenvalue weighted by Crippen LogP contribution is 2.22. The van der Waals surface area contributed by atoms with Gasteiger partial charge in [0.1, 0.15) is 5.02 Å². The van der Waals surface area contributed by atoms with Crippen LogP contribution < -0.4 is 4.90 Å². The first-order valence-corrected chi connectivity index (χ1v) is 5.30. The minimum atomic E-state index is 0.229. The SMILES string of the molecule is CCCCN(C)c1nc(Cl)ncc1Cl. The summed E-state index contributed by atoms with van der Waals surface area (Å²) in [6, 6.07) is 0. The molecule has 0 aliphatic carbocycles. The zero-order valence-corrected chi connectivity index (χ0v) is 9.81. The lowest BCUT2D eigenvalue weighted by Gasteiger charge is -2.18. The number of nitrogens with zero attached hydrogens (tertiary/aromatic N) is 3. The number of halogens is 2. The van der Waals surface area contributed by atoms with Crippen molar-refractivity contribution in [1.82, 2.24) is 9.97 Å². The van der Waals surface area contributed by atoms with E-state index in [0.717, 1.165) is 19.4 Å². The zero-order chi connectivity index (χ0) is 10.6. The Morgan fingerprint density at radius 1 is 1.43 bits per heavy atom. The molecule has 1 aromatic heterocycles. The van der Waals surface area contributed by atoms with Gasteiger partial charge in [0.25, 0.3) is 0 Å². The van der Waals surface area contributed by atoms with Gasteiger partial charge in [0.05, 0.1) is 6.20 Å². The fourth-order valence-electron chi connectivity index (χ4n) is 1.11. The summed E-state index contributed by atoms with van der Waals surface area (Å²) in [5, 5.41) is 0.765. The van der Waals surface area contributed by atoms with Gasteiger partial charge in [0.2, 0.25) is 5.28 Å². The van der Waals surface area contributed by atoms with E-state index in [1.807, 2.05) is 11.9 Å². The fourth-order valence-corrected chi connectivity index (χ4v) is 1.47. The van der Waals surface area contributed by atoms with Crippen LogP contribution in [0.15, 0.2) is 6.20 Å². The van der Waals surface area contributed by atoms with Gasteiger partial charge in [-0.1, -0.05) is 24.9 Å². The maximum atomic E-state index is 5.94. The lowest BCUT2D eigenvalue weighted by Crippen LogP contribution is -2.20. The molecule has 3 nitrogen and oxygen atoms in total. The zero-order valence-electron chi connectivity index (χ0n) is 8.30. The van der Waals surface area contributed by atoms with Crippen molar-refractivity contribution in [2.45, 2.75) is 19.8 Å². The smallest absolute Gasteiger partial charge is 0.224 e. The Bertz CT molecular complexity index is 304. The Morgan fingerprint density at radius 3 is 2.79 bits per heavy atom. The van der Waals surface area contributed by atoms with Gasteiger partial charge in [-0.3, -0.25) is 0 Å². The Morgan fingerprint density at radius 2 is 2.14 bits per heavy atom. The molecule has 0 radical (unpaired) electrons. The van der Waals surface area contributed by atoms with Gasteiger partial charge in [-0.15, -0.1) is 0 Å². The van der Waals surface area contributed by atoms with Crippen LogP contribution in [0.2, 0.25) is 10.3 Å². The van der Waals surface area contributed by atoms with Crippen LogP contribution >= 0.6 is 23.2 Å². The molecule has 0 bridgehead atoms. The van der Waals surface area contributed by atoms with Crippen LogP contribution in [-0.2, 0) is 0 Å². The van der Waals surface area contributed by atoms with Crippen molar-refractivity contribution in [2.24, 2.45) is 0 Å². The van der Waals surface area contributed by atoms with Crippen LogP contribution in [0.3, 0.4) is 0 Å². The molecular formula is C9H13Cl2N3. The van der Waals surface area contributed by atoms with E-state index in [1.54, 1.807) is 0 Å². The molecule has 0 N–H and O–H groups in total. The summed E-state index contributed by atoms with van der Waals surface area (Å²) in [4.78, 5) is 9.86. The van der Waals surface area contributed by atoms with E-state index >= 15 is 0 Å². The number of hydrogen-bond donors (Lipinski definition) is 0. The predicted molar refractivity (Wildman–Crippen MR) is 60.2 cm³/mol. The lowest BCUT2D eigenvalue weighted by atomic mass is 10.3. The first-order chi connectivity index (χ1) is 6.65. The highest BCUT2D eigenvalue weighted by molar-refractivity contribution is 6.33. The molecule has 14 heavy (non-hydrogen) atoms. The molecule has 0 fully saturated rings. The normalized spacial score (nSPS) is 10.3. The summed E-state index contributed by atoms with van der Waals surface area (Å²) < 4.78 is 0. The van der Waals surface area contributed by atoms with Crippen LogP contribution in [0.1, 0.15) is 19.8 Å². The molecule has 1 aromatic rings. The number of aromatic nitrogens is 2. The minimum absolute atomic E-state index is 0.229. The summed E-state index contributed by atoms with van der Waals surface area (Å²) in [5.41, 5.74) is 0. The van der Waals surface area contributed by atoms with Gasteiger partial charge >= 0.3 is 0 Å². The molecule has 78 valence electrons. The van der Waals surface area contributed by atoms with Gasteiger partial charge in [0.15, 0.2) is 5.82 Å². The van der Waals surface area contributed by atoms with E-state index in [-0.39, 0.29) is 5.28 Å². The Labute approximate surface area is 94.1 Å². The van der Waals surface area contributed by atoms with E-state index in [2.05, 4.69) is 16.9 Å². The second-order valence-electron chi connectivity index (χ2n) is 3.09. The van der Waals surface area contributed by atoms with Gasteiger partial charge in [-0.25, -0.2) is 4.98 Å². The predicted octanol–water partition coefficient (Wildman–Crippen LogP) is 3.02. The standard InChI is InChI=1S/C9H13Cl2N3/c1-3-4-5-14(2)8-7(10)6-12-9(11)13-8/h6H,3-5H2,1-2H3. The third kappa shape index (κ3) is 3.00. The van der Waals surface area contributed by atoms with E-state index < -0.39 is 0 Å². The summed E-state index contributed by atoms with van der Waals surface area (Å²) in [6.45, 7) is 3.06. The van der Waals surface area contributed by atoms with E-state index in [1.165, 1.54) is 6.20 Å². The lowest BCUT2D eigenvalue weighted by molar-refractivity contribution is 0.758. The molecule has 0 aliphatic rings. The fraction of sp³-hybridized carbons (Fsp3) is 0.556. The van der Waals surface area contributed by atoms with Crippen molar-refractivity contribution < 1.29 is 0 Å². The van der Waals surface area contributed by atoms with E-state index in [4.69, 9.17) is 23.2 Å². The summed E-state index contributed by atoms with van der Waals surface area (Å²) in [6.07, 6.45) is 3.77. The molecular weight excluding hydrogens is 221 g/mol. The van der Waals surface area contributed by atoms with Crippen molar-refractivity contribution in [1.29, 1.82) is 0 Å². The van der Waals surface area contributed by atoms with Crippen LogP contribution in [-0.4, -0.2) is 23.6 Å².